The third-order valence-corrected chi connectivity index (χ3v) is 3.35. The predicted molar refractivity (Wildman–Crippen MR) is 82.4 cm³/mol. The summed E-state index contributed by atoms with van der Waals surface area (Å²) < 4.78 is 11.0. The predicted octanol–water partition coefficient (Wildman–Crippen LogP) is 2.82. The molecular weight excluding hydrogens is 268 g/mol. The van der Waals surface area contributed by atoms with Crippen LogP contribution in [0.1, 0.15) is 26.3 Å². The molecule has 0 aromatic heterocycles. The molecule has 0 saturated carbocycles. The number of anilines is 1. The highest BCUT2D eigenvalue weighted by Crippen LogP contribution is 2.23. The molecule has 1 aliphatic heterocycles. The van der Waals surface area contributed by atoms with Gasteiger partial charge in [0.05, 0.1) is 6.61 Å². The third kappa shape index (κ3) is 4.28. The zero-order chi connectivity index (χ0) is 15.6. The van der Waals surface area contributed by atoms with Crippen molar-refractivity contribution >= 4 is 11.8 Å². The number of carbonyl (C=O) groups is 1. The fraction of sp³-hybridized carbons (Fsp3) is 0.562. The van der Waals surface area contributed by atoms with Gasteiger partial charge in [0.2, 0.25) is 0 Å². The van der Waals surface area contributed by atoms with Crippen LogP contribution in [0.2, 0.25) is 0 Å². The van der Waals surface area contributed by atoms with Gasteiger partial charge in [-0.3, -0.25) is 0 Å². The highest BCUT2D eigenvalue weighted by Gasteiger charge is 2.33. The van der Waals surface area contributed by atoms with Gasteiger partial charge in [-0.2, -0.15) is 0 Å². The minimum atomic E-state index is -0.446. The van der Waals surface area contributed by atoms with Crippen LogP contribution in [-0.4, -0.2) is 36.3 Å². The van der Waals surface area contributed by atoms with Crippen molar-refractivity contribution in [3.8, 4) is 5.75 Å². The lowest BCUT2D eigenvalue weighted by Gasteiger charge is -2.39. The van der Waals surface area contributed by atoms with Crippen molar-refractivity contribution in [3.05, 3.63) is 23.8 Å². The maximum absolute atomic E-state index is 11.8. The average Bonchev–Trinajstić information content (AvgIpc) is 2.29. The van der Waals surface area contributed by atoms with Gasteiger partial charge in [-0.1, -0.05) is 6.07 Å². The Kier molecular flexibility index (Phi) is 4.30. The molecule has 5 heteroatoms. The van der Waals surface area contributed by atoms with E-state index in [0.29, 0.717) is 25.6 Å². The second-order valence-corrected chi connectivity index (χ2v) is 6.58. The average molecular weight is 292 g/mol. The molecule has 0 radical (unpaired) electrons. The monoisotopic (exact) mass is 292 g/mol. The van der Waals surface area contributed by atoms with Gasteiger partial charge in [-0.25, -0.2) is 4.79 Å². The first-order valence-electron chi connectivity index (χ1n) is 7.21. The number of hydrogen-bond donors (Lipinski definition) is 1. The number of rotatable bonds is 3. The second kappa shape index (κ2) is 5.84. The molecule has 0 unspecified atom stereocenters. The van der Waals surface area contributed by atoms with Crippen molar-refractivity contribution in [1.82, 2.24) is 4.90 Å². The number of nitrogen functional groups attached to an aromatic ring is 1. The molecule has 1 heterocycles. The van der Waals surface area contributed by atoms with Crippen LogP contribution in [0, 0.1) is 12.8 Å². The molecule has 0 aliphatic carbocycles. The zero-order valence-corrected chi connectivity index (χ0v) is 13.2. The zero-order valence-electron chi connectivity index (χ0n) is 13.2. The van der Waals surface area contributed by atoms with E-state index >= 15 is 0 Å². The molecule has 0 atom stereocenters. The van der Waals surface area contributed by atoms with E-state index in [2.05, 4.69) is 0 Å². The summed E-state index contributed by atoms with van der Waals surface area (Å²) >= 11 is 0. The summed E-state index contributed by atoms with van der Waals surface area (Å²) in [5, 5.41) is 0. The number of nitrogens with zero attached hydrogens (tertiary/aromatic N) is 1. The number of hydrogen-bond acceptors (Lipinski definition) is 4. The van der Waals surface area contributed by atoms with Crippen LogP contribution < -0.4 is 10.5 Å². The molecule has 2 rings (SSSR count). The summed E-state index contributed by atoms with van der Waals surface area (Å²) in [5.41, 5.74) is 7.17. The van der Waals surface area contributed by atoms with E-state index in [1.807, 2.05) is 45.9 Å². The Morgan fingerprint density at radius 1 is 1.38 bits per heavy atom. The van der Waals surface area contributed by atoms with Crippen LogP contribution in [0.25, 0.3) is 0 Å². The Balaban J connectivity index is 1.73. The number of ether oxygens (including phenoxy) is 2. The second-order valence-electron chi connectivity index (χ2n) is 6.58. The Morgan fingerprint density at radius 2 is 2.05 bits per heavy atom. The van der Waals surface area contributed by atoms with Crippen LogP contribution >= 0.6 is 0 Å². The van der Waals surface area contributed by atoms with Gasteiger partial charge in [0.1, 0.15) is 11.4 Å². The van der Waals surface area contributed by atoms with Gasteiger partial charge in [0.25, 0.3) is 0 Å². The first-order chi connectivity index (χ1) is 9.74. The van der Waals surface area contributed by atoms with E-state index < -0.39 is 5.60 Å². The summed E-state index contributed by atoms with van der Waals surface area (Å²) in [6.45, 7) is 9.51. The van der Waals surface area contributed by atoms with Crippen molar-refractivity contribution < 1.29 is 14.3 Å². The van der Waals surface area contributed by atoms with Crippen molar-refractivity contribution in [2.45, 2.75) is 33.3 Å². The van der Waals surface area contributed by atoms with Gasteiger partial charge in [-0.15, -0.1) is 0 Å². The molecule has 5 nitrogen and oxygen atoms in total. The van der Waals surface area contributed by atoms with E-state index in [9.17, 15) is 4.79 Å². The molecule has 0 spiro atoms. The van der Waals surface area contributed by atoms with Crippen LogP contribution in [0.5, 0.6) is 5.75 Å². The summed E-state index contributed by atoms with van der Waals surface area (Å²) in [7, 11) is 0. The molecule has 1 fully saturated rings. The van der Waals surface area contributed by atoms with Crippen LogP contribution in [0.3, 0.4) is 0 Å². The lowest BCUT2D eigenvalue weighted by molar-refractivity contribution is -0.00780. The molecule has 1 saturated heterocycles. The number of carbonyl (C=O) groups excluding carboxylic acids is 1. The number of amides is 1. The lowest BCUT2D eigenvalue weighted by Crippen LogP contribution is -2.53. The first-order valence-corrected chi connectivity index (χ1v) is 7.21. The van der Waals surface area contributed by atoms with Crippen molar-refractivity contribution in [3.63, 3.8) is 0 Å². The van der Waals surface area contributed by atoms with E-state index in [-0.39, 0.29) is 6.09 Å². The summed E-state index contributed by atoms with van der Waals surface area (Å²) in [4.78, 5) is 13.5. The maximum Gasteiger partial charge on any atom is 0.410 e. The van der Waals surface area contributed by atoms with Crippen molar-refractivity contribution in [2.75, 3.05) is 25.4 Å². The highest BCUT2D eigenvalue weighted by molar-refractivity contribution is 5.69. The molecule has 1 aliphatic rings. The third-order valence-electron chi connectivity index (χ3n) is 3.35. The molecule has 1 aromatic carbocycles. The lowest BCUT2D eigenvalue weighted by atomic mass is 10.0. The van der Waals surface area contributed by atoms with Gasteiger partial charge in [0, 0.05) is 30.8 Å². The quantitative estimate of drug-likeness (QED) is 0.870. The molecular formula is C16H24N2O3. The Morgan fingerprint density at radius 3 is 2.62 bits per heavy atom. The minimum absolute atomic E-state index is 0.252. The summed E-state index contributed by atoms with van der Waals surface area (Å²) in [6.07, 6.45) is -0.252. The van der Waals surface area contributed by atoms with Gasteiger partial charge < -0.3 is 20.1 Å². The smallest absolute Gasteiger partial charge is 0.410 e. The maximum atomic E-state index is 11.8. The SMILES string of the molecule is Cc1ccc(OCC2CN(C(=O)OC(C)(C)C)C2)cc1N. The Hall–Kier alpha value is -1.91. The van der Waals surface area contributed by atoms with Crippen molar-refractivity contribution in [2.24, 2.45) is 5.92 Å². The topological polar surface area (TPSA) is 64.8 Å². The van der Waals surface area contributed by atoms with Crippen LogP contribution in [0.4, 0.5) is 10.5 Å². The fourth-order valence-electron chi connectivity index (χ4n) is 2.07. The van der Waals surface area contributed by atoms with E-state index in [0.717, 1.165) is 17.0 Å². The van der Waals surface area contributed by atoms with Crippen LogP contribution in [-0.2, 0) is 4.74 Å². The summed E-state index contributed by atoms with van der Waals surface area (Å²) in [5.74, 6) is 1.12. The van der Waals surface area contributed by atoms with E-state index in [1.54, 1.807) is 4.90 Å². The molecule has 2 N–H and O–H groups in total. The van der Waals surface area contributed by atoms with Gasteiger partial charge in [0.15, 0.2) is 0 Å². The molecule has 116 valence electrons. The molecule has 0 bridgehead atoms. The Bertz CT molecular complexity index is 517. The molecule has 21 heavy (non-hydrogen) atoms. The van der Waals surface area contributed by atoms with Gasteiger partial charge in [-0.05, 0) is 39.3 Å². The minimum Gasteiger partial charge on any atom is -0.493 e. The number of aryl methyl sites for hydroxylation is 1. The Labute approximate surface area is 126 Å². The largest absolute Gasteiger partial charge is 0.493 e. The first kappa shape index (κ1) is 15.5. The standard InChI is InChI=1S/C16H24N2O3/c1-11-5-6-13(7-14(11)17)20-10-12-8-18(9-12)15(19)21-16(2,3)4/h5-7,12H,8-10,17H2,1-4H3. The molecule has 1 amide bonds. The number of benzene rings is 1. The van der Waals surface area contributed by atoms with E-state index in [4.69, 9.17) is 15.2 Å². The fourth-order valence-corrected chi connectivity index (χ4v) is 2.07. The normalized spacial score (nSPS) is 15.5. The number of nitrogens with two attached hydrogens (primary N) is 1. The summed E-state index contributed by atoms with van der Waals surface area (Å²) in [6, 6.07) is 5.69. The molecule has 1 aromatic rings. The van der Waals surface area contributed by atoms with Crippen molar-refractivity contribution in [1.29, 1.82) is 0 Å². The van der Waals surface area contributed by atoms with E-state index in [1.165, 1.54) is 0 Å². The van der Waals surface area contributed by atoms with Crippen LogP contribution in [0.15, 0.2) is 18.2 Å². The highest BCUT2D eigenvalue weighted by atomic mass is 16.6. The number of likely N-dealkylation sites (tertiary alicyclic amines) is 1. The van der Waals surface area contributed by atoms with Gasteiger partial charge >= 0.3 is 6.09 Å².